The van der Waals surface area contributed by atoms with Crippen molar-refractivity contribution in [1.29, 1.82) is 5.26 Å². The van der Waals surface area contributed by atoms with Gasteiger partial charge in [0.15, 0.2) is 17.4 Å². The Hall–Kier alpha value is -3.73. The summed E-state index contributed by atoms with van der Waals surface area (Å²) in [6.45, 7) is 0. The number of anilines is 1. The second-order valence-corrected chi connectivity index (χ2v) is 6.11. The summed E-state index contributed by atoms with van der Waals surface area (Å²) in [6.07, 6.45) is 0. The fourth-order valence-corrected chi connectivity index (χ4v) is 3.45. The Morgan fingerprint density at radius 3 is 2.52 bits per heavy atom. The van der Waals surface area contributed by atoms with Gasteiger partial charge < -0.3 is 19.1 Å². The normalized spacial score (nSPS) is 18.5. The molecular formula is C19H16N4O4. The molecule has 0 unspecified atom stereocenters. The summed E-state index contributed by atoms with van der Waals surface area (Å²) in [5.74, 6) is -0.821. The van der Waals surface area contributed by atoms with Crippen LogP contribution >= 0.6 is 0 Å². The number of aromatic hydroxyl groups is 1. The molecule has 0 saturated heterocycles. The smallest absolute Gasteiger partial charge is 0.246 e. The van der Waals surface area contributed by atoms with Crippen LogP contribution in [0.2, 0.25) is 0 Å². The van der Waals surface area contributed by atoms with Crippen molar-refractivity contribution in [2.75, 3.05) is 19.5 Å². The minimum atomic E-state index is -0.992. The van der Waals surface area contributed by atoms with Crippen LogP contribution in [-0.4, -0.2) is 34.8 Å². The maximum Gasteiger partial charge on any atom is 0.246 e. The first-order valence-corrected chi connectivity index (χ1v) is 8.21. The standard InChI is InChI=1S/C19H16N4O4/c1-26-14-7-10(8-15(27-2)17(14)24)16-11(9-20)18(25)22-19-21-12-5-3-4-6-13(12)23(16)19/h3-8,11,16,24H,1-2H3,(H,21,22,25)/t11-,16+/m0/s1. The van der Waals surface area contributed by atoms with Gasteiger partial charge in [0, 0.05) is 0 Å². The molecule has 27 heavy (non-hydrogen) atoms. The zero-order valence-corrected chi connectivity index (χ0v) is 14.6. The topological polar surface area (TPSA) is 109 Å². The molecule has 0 saturated carbocycles. The first-order valence-electron chi connectivity index (χ1n) is 8.21. The van der Waals surface area contributed by atoms with Crippen LogP contribution in [-0.2, 0) is 4.79 Å². The third-order valence-electron chi connectivity index (χ3n) is 4.69. The summed E-state index contributed by atoms with van der Waals surface area (Å²) in [6, 6.07) is 12.1. The van der Waals surface area contributed by atoms with Crippen LogP contribution in [0.3, 0.4) is 0 Å². The number of para-hydroxylation sites is 2. The number of imidazole rings is 1. The van der Waals surface area contributed by atoms with E-state index >= 15 is 0 Å². The number of benzene rings is 2. The molecule has 0 fully saturated rings. The number of nitrogens with zero attached hydrogens (tertiary/aromatic N) is 3. The van der Waals surface area contributed by atoms with Crippen LogP contribution in [0.5, 0.6) is 17.2 Å². The minimum Gasteiger partial charge on any atom is -0.502 e. The number of nitriles is 1. The molecule has 4 rings (SSSR count). The quantitative estimate of drug-likeness (QED) is 0.739. The summed E-state index contributed by atoms with van der Waals surface area (Å²) >= 11 is 0. The van der Waals surface area contributed by atoms with E-state index in [4.69, 9.17) is 9.47 Å². The third-order valence-corrected chi connectivity index (χ3v) is 4.69. The van der Waals surface area contributed by atoms with Gasteiger partial charge in [-0.15, -0.1) is 0 Å². The van der Waals surface area contributed by atoms with Crippen molar-refractivity contribution in [2.45, 2.75) is 6.04 Å². The number of carbonyl (C=O) groups is 1. The Balaban J connectivity index is 2.02. The number of nitrogens with one attached hydrogen (secondary N) is 1. The molecule has 3 aromatic rings. The van der Waals surface area contributed by atoms with Crippen molar-refractivity contribution in [3.8, 4) is 23.3 Å². The Kier molecular flexibility index (Phi) is 3.85. The van der Waals surface area contributed by atoms with Crippen molar-refractivity contribution in [2.24, 2.45) is 5.92 Å². The lowest BCUT2D eigenvalue weighted by molar-refractivity contribution is -0.119. The van der Waals surface area contributed by atoms with Crippen LogP contribution in [0.4, 0.5) is 5.95 Å². The Labute approximate surface area is 154 Å². The summed E-state index contributed by atoms with van der Waals surface area (Å²) < 4.78 is 12.3. The fraction of sp³-hybridized carbons (Fsp3) is 0.211. The summed E-state index contributed by atoms with van der Waals surface area (Å²) in [5, 5.41) is 22.6. The van der Waals surface area contributed by atoms with E-state index in [0.717, 1.165) is 5.52 Å². The van der Waals surface area contributed by atoms with Gasteiger partial charge in [0.25, 0.3) is 0 Å². The molecule has 0 bridgehead atoms. The lowest BCUT2D eigenvalue weighted by atomic mass is 9.91. The molecule has 2 atom stereocenters. The van der Waals surface area contributed by atoms with Gasteiger partial charge in [-0.1, -0.05) is 12.1 Å². The molecule has 2 aromatic carbocycles. The monoisotopic (exact) mass is 364 g/mol. The molecule has 136 valence electrons. The summed E-state index contributed by atoms with van der Waals surface area (Å²) in [4.78, 5) is 17.0. The van der Waals surface area contributed by atoms with Crippen LogP contribution in [0.15, 0.2) is 36.4 Å². The number of hydrogen-bond acceptors (Lipinski definition) is 6. The van der Waals surface area contributed by atoms with Crippen LogP contribution in [0.1, 0.15) is 11.6 Å². The number of carbonyl (C=O) groups excluding carboxylic acids is 1. The van der Waals surface area contributed by atoms with Gasteiger partial charge in [0.2, 0.25) is 17.6 Å². The number of phenols is 1. The minimum absolute atomic E-state index is 0.145. The Morgan fingerprint density at radius 2 is 1.89 bits per heavy atom. The summed E-state index contributed by atoms with van der Waals surface area (Å²) in [5.41, 5.74) is 2.07. The van der Waals surface area contributed by atoms with E-state index in [9.17, 15) is 15.2 Å². The zero-order valence-electron chi connectivity index (χ0n) is 14.6. The SMILES string of the molecule is COc1cc([C@@H]2[C@H](C#N)C(=O)Nc3nc4ccccc4n32)cc(OC)c1O. The number of fused-ring (bicyclic) bond motifs is 3. The van der Waals surface area contributed by atoms with Gasteiger partial charge in [-0.25, -0.2) is 4.98 Å². The molecule has 1 amide bonds. The number of aromatic nitrogens is 2. The van der Waals surface area contributed by atoms with E-state index in [2.05, 4.69) is 16.4 Å². The van der Waals surface area contributed by atoms with E-state index in [1.54, 1.807) is 12.1 Å². The van der Waals surface area contributed by atoms with Gasteiger partial charge >= 0.3 is 0 Å². The molecular weight excluding hydrogens is 348 g/mol. The number of methoxy groups -OCH3 is 2. The third kappa shape index (κ3) is 2.44. The maximum absolute atomic E-state index is 12.5. The predicted octanol–water partition coefficient (Wildman–Crippen LogP) is 2.44. The summed E-state index contributed by atoms with van der Waals surface area (Å²) in [7, 11) is 2.84. The van der Waals surface area contributed by atoms with Gasteiger partial charge in [-0.2, -0.15) is 5.26 Å². The molecule has 1 aliphatic heterocycles. The number of ether oxygens (including phenoxy) is 2. The highest BCUT2D eigenvalue weighted by molar-refractivity contribution is 5.97. The number of rotatable bonds is 3. The Morgan fingerprint density at radius 1 is 1.22 bits per heavy atom. The largest absolute Gasteiger partial charge is 0.502 e. The molecule has 8 heteroatoms. The van der Waals surface area contributed by atoms with Crippen molar-refractivity contribution in [3.63, 3.8) is 0 Å². The second kappa shape index (κ2) is 6.21. The van der Waals surface area contributed by atoms with Crippen molar-refractivity contribution >= 4 is 22.9 Å². The molecule has 0 spiro atoms. The average Bonchev–Trinajstić information content (AvgIpc) is 3.04. The van der Waals surface area contributed by atoms with Crippen molar-refractivity contribution in [3.05, 3.63) is 42.0 Å². The molecule has 0 aliphatic carbocycles. The second-order valence-electron chi connectivity index (χ2n) is 6.11. The lowest BCUT2D eigenvalue weighted by Gasteiger charge is -2.30. The van der Waals surface area contributed by atoms with E-state index in [1.807, 2.05) is 28.8 Å². The van der Waals surface area contributed by atoms with Gasteiger partial charge in [-0.3, -0.25) is 10.1 Å². The highest BCUT2D eigenvalue weighted by atomic mass is 16.5. The molecule has 8 nitrogen and oxygen atoms in total. The van der Waals surface area contributed by atoms with Crippen molar-refractivity contribution < 1.29 is 19.4 Å². The fourth-order valence-electron chi connectivity index (χ4n) is 3.45. The number of hydrogen-bond donors (Lipinski definition) is 2. The number of phenolic OH excluding ortho intramolecular Hbond substituents is 1. The van der Waals surface area contributed by atoms with Crippen LogP contribution in [0, 0.1) is 17.2 Å². The Bertz CT molecular complexity index is 1070. The van der Waals surface area contributed by atoms with Gasteiger partial charge in [-0.05, 0) is 29.8 Å². The van der Waals surface area contributed by atoms with Gasteiger partial charge in [0.1, 0.15) is 0 Å². The van der Waals surface area contributed by atoms with Gasteiger partial charge in [0.05, 0.1) is 37.4 Å². The highest BCUT2D eigenvalue weighted by Gasteiger charge is 2.39. The van der Waals surface area contributed by atoms with E-state index in [1.165, 1.54) is 14.2 Å². The number of amides is 1. The van der Waals surface area contributed by atoms with E-state index in [-0.39, 0.29) is 17.2 Å². The van der Waals surface area contributed by atoms with E-state index in [0.29, 0.717) is 17.0 Å². The highest BCUT2D eigenvalue weighted by Crippen LogP contribution is 2.44. The van der Waals surface area contributed by atoms with Crippen molar-refractivity contribution in [1.82, 2.24) is 9.55 Å². The molecule has 0 radical (unpaired) electrons. The zero-order chi connectivity index (χ0) is 19.1. The maximum atomic E-state index is 12.5. The molecule has 2 heterocycles. The molecule has 1 aromatic heterocycles. The molecule has 1 aliphatic rings. The average molecular weight is 364 g/mol. The first-order chi connectivity index (χ1) is 13.1. The lowest BCUT2D eigenvalue weighted by Crippen LogP contribution is -2.37. The molecule has 2 N–H and O–H groups in total. The van der Waals surface area contributed by atoms with Crippen LogP contribution < -0.4 is 14.8 Å². The predicted molar refractivity (Wildman–Crippen MR) is 96.8 cm³/mol. The first kappa shape index (κ1) is 16.7. The van der Waals surface area contributed by atoms with E-state index < -0.39 is 17.9 Å². The van der Waals surface area contributed by atoms with Crippen LogP contribution in [0.25, 0.3) is 11.0 Å².